The second-order valence-electron chi connectivity index (χ2n) is 6.71. The van der Waals surface area contributed by atoms with E-state index >= 15 is 0 Å². The molecule has 4 nitrogen and oxygen atoms in total. The largest absolute Gasteiger partial charge is 0.391 e. The number of benzene rings is 1. The molecule has 0 aliphatic carbocycles. The summed E-state index contributed by atoms with van der Waals surface area (Å²) in [5, 5.41) is 13.6. The molecule has 0 amide bonds. The van der Waals surface area contributed by atoms with Gasteiger partial charge in [0.15, 0.2) is 0 Å². The Bertz CT molecular complexity index is 598. The molecular formula is C17H27N3O. The minimum absolute atomic E-state index is 0.106. The van der Waals surface area contributed by atoms with Gasteiger partial charge in [-0.15, -0.1) is 0 Å². The van der Waals surface area contributed by atoms with E-state index in [2.05, 4.69) is 29.8 Å². The quantitative estimate of drug-likeness (QED) is 0.889. The minimum atomic E-state index is -0.376. The molecule has 0 aliphatic rings. The molecule has 116 valence electrons. The SMILES string of the molecule is CCn1c(C(C)NCC(O)C(C)(C)C)nc2ccccc21. The molecule has 2 N–H and O–H groups in total. The van der Waals surface area contributed by atoms with Crippen molar-refractivity contribution in [1.29, 1.82) is 0 Å². The lowest BCUT2D eigenvalue weighted by Gasteiger charge is -2.27. The van der Waals surface area contributed by atoms with Crippen LogP contribution >= 0.6 is 0 Å². The average molecular weight is 289 g/mol. The van der Waals surface area contributed by atoms with Gasteiger partial charge in [0.1, 0.15) is 5.82 Å². The standard InChI is InChI=1S/C17H27N3O/c1-6-20-14-10-8-7-9-13(14)19-16(20)12(2)18-11-15(21)17(3,4)5/h7-10,12,15,18,21H,6,11H2,1-5H3. The number of nitrogens with zero attached hydrogens (tertiary/aromatic N) is 2. The molecule has 1 heterocycles. The zero-order valence-corrected chi connectivity index (χ0v) is 13.7. The first-order valence-corrected chi connectivity index (χ1v) is 7.71. The molecule has 2 rings (SSSR count). The molecule has 0 fully saturated rings. The van der Waals surface area contributed by atoms with Crippen LogP contribution in [-0.2, 0) is 6.54 Å². The topological polar surface area (TPSA) is 50.1 Å². The van der Waals surface area contributed by atoms with Gasteiger partial charge in [0.05, 0.1) is 23.2 Å². The van der Waals surface area contributed by atoms with Crippen LogP contribution in [0.5, 0.6) is 0 Å². The minimum Gasteiger partial charge on any atom is -0.391 e. The summed E-state index contributed by atoms with van der Waals surface area (Å²) in [6.07, 6.45) is -0.376. The number of aliphatic hydroxyl groups excluding tert-OH is 1. The lowest BCUT2D eigenvalue weighted by Crippen LogP contribution is -2.38. The summed E-state index contributed by atoms with van der Waals surface area (Å²) >= 11 is 0. The Kier molecular flexibility index (Phi) is 4.69. The smallest absolute Gasteiger partial charge is 0.126 e. The normalized spacial score (nSPS) is 15.3. The fourth-order valence-electron chi connectivity index (χ4n) is 2.44. The summed E-state index contributed by atoms with van der Waals surface area (Å²) in [6.45, 7) is 11.8. The third kappa shape index (κ3) is 3.44. The van der Waals surface area contributed by atoms with Crippen LogP contribution in [0.4, 0.5) is 0 Å². The Hall–Kier alpha value is -1.39. The van der Waals surface area contributed by atoms with Crippen molar-refractivity contribution in [3.63, 3.8) is 0 Å². The first-order chi connectivity index (χ1) is 9.84. The highest BCUT2D eigenvalue weighted by Crippen LogP contribution is 2.22. The van der Waals surface area contributed by atoms with E-state index in [0.29, 0.717) is 6.54 Å². The summed E-state index contributed by atoms with van der Waals surface area (Å²) in [5.74, 6) is 1.03. The summed E-state index contributed by atoms with van der Waals surface area (Å²) in [6, 6.07) is 8.31. The van der Waals surface area contributed by atoms with E-state index in [-0.39, 0.29) is 17.6 Å². The Morgan fingerprint density at radius 2 is 1.95 bits per heavy atom. The molecule has 21 heavy (non-hydrogen) atoms. The number of imidazole rings is 1. The van der Waals surface area contributed by atoms with Crippen LogP contribution in [0, 0.1) is 5.41 Å². The second kappa shape index (κ2) is 6.16. The van der Waals surface area contributed by atoms with Crippen molar-refractivity contribution in [2.45, 2.75) is 53.3 Å². The molecule has 2 aromatic rings. The molecule has 0 spiro atoms. The molecule has 0 saturated heterocycles. The number of hydrogen-bond donors (Lipinski definition) is 2. The van der Waals surface area contributed by atoms with Crippen LogP contribution in [0.15, 0.2) is 24.3 Å². The molecule has 0 bridgehead atoms. The van der Waals surface area contributed by atoms with Crippen molar-refractivity contribution >= 4 is 11.0 Å². The summed E-state index contributed by atoms with van der Waals surface area (Å²) < 4.78 is 2.23. The van der Waals surface area contributed by atoms with Gasteiger partial charge in [-0.25, -0.2) is 4.98 Å². The van der Waals surface area contributed by atoms with Crippen molar-refractivity contribution in [1.82, 2.24) is 14.9 Å². The molecule has 1 aromatic carbocycles. The fourth-order valence-corrected chi connectivity index (χ4v) is 2.44. The van der Waals surface area contributed by atoms with Crippen LogP contribution in [-0.4, -0.2) is 27.3 Å². The second-order valence-corrected chi connectivity index (χ2v) is 6.71. The Labute approximate surface area is 127 Å². The van der Waals surface area contributed by atoms with E-state index in [0.717, 1.165) is 17.9 Å². The molecule has 4 heteroatoms. The van der Waals surface area contributed by atoms with Gasteiger partial charge >= 0.3 is 0 Å². The first kappa shape index (κ1) is 16.0. The average Bonchev–Trinajstić information content (AvgIpc) is 2.81. The van der Waals surface area contributed by atoms with Crippen LogP contribution in [0.3, 0.4) is 0 Å². The fraction of sp³-hybridized carbons (Fsp3) is 0.588. The van der Waals surface area contributed by atoms with Crippen molar-refractivity contribution < 1.29 is 5.11 Å². The highest BCUT2D eigenvalue weighted by molar-refractivity contribution is 5.76. The molecule has 2 unspecified atom stereocenters. The first-order valence-electron chi connectivity index (χ1n) is 7.71. The Morgan fingerprint density at radius 3 is 2.57 bits per heavy atom. The maximum Gasteiger partial charge on any atom is 0.126 e. The number of aryl methyl sites for hydroxylation is 1. The van der Waals surface area contributed by atoms with Gasteiger partial charge in [-0.05, 0) is 31.4 Å². The number of rotatable bonds is 5. The number of aromatic nitrogens is 2. The van der Waals surface area contributed by atoms with Gasteiger partial charge in [0, 0.05) is 13.1 Å². The van der Waals surface area contributed by atoms with Gasteiger partial charge in [0.2, 0.25) is 0 Å². The molecular weight excluding hydrogens is 262 g/mol. The zero-order chi connectivity index (χ0) is 15.6. The predicted octanol–water partition coefficient (Wildman–Crippen LogP) is 3.11. The number of para-hydroxylation sites is 2. The summed E-state index contributed by atoms with van der Waals surface area (Å²) in [7, 11) is 0. The van der Waals surface area contributed by atoms with Crippen molar-refractivity contribution in [3.05, 3.63) is 30.1 Å². The molecule has 1 aromatic heterocycles. The van der Waals surface area contributed by atoms with Gasteiger partial charge in [-0.1, -0.05) is 32.9 Å². The van der Waals surface area contributed by atoms with Crippen LogP contribution in [0.2, 0.25) is 0 Å². The van der Waals surface area contributed by atoms with Crippen molar-refractivity contribution in [2.75, 3.05) is 6.54 Å². The highest BCUT2D eigenvalue weighted by atomic mass is 16.3. The van der Waals surface area contributed by atoms with Gasteiger partial charge in [0.25, 0.3) is 0 Å². The number of hydrogen-bond acceptors (Lipinski definition) is 3. The molecule has 0 saturated carbocycles. The maximum atomic E-state index is 10.2. The number of nitrogens with one attached hydrogen (secondary N) is 1. The van der Waals surface area contributed by atoms with Gasteiger partial charge < -0.3 is 15.0 Å². The van der Waals surface area contributed by atoms with Crippen molar-refractivity contribution in [3.8, 4) is 0 Å². The van der Waals surface area contributed by atoms with E-state index in [4.69, 9.17) is 4.98 Å². The summed E-state index contributed by atoms with van der Waals surface area (Å²) in [5.41, 5.74) is 2.08. The van der Waals surface area contributed by atoms with E-state index in [9.17, 15) is 5.11 Å². The third-order valence-electron chi connectivity index (χ3n) is 4.00. The maximum absolute atomic E-state index is 10.2. The summed E-state index contributed by atoms with van der Waals surface area (Å²) in [4.78, 5) is 4.74. The highest BCUT2D eigenvalue weighted by Gasteiger charge is 2.23. The zero-order valence-electron chi connectivity index (χ0n) is 13.7. The van der Waals surface area contributed by atoms with E-state index in [1.165, 1.54) is 5.52 Å². The number of aliphatic hydroxyl groups is 1. The monoisotopic (exact) mass is 289 g/mol. The molecule has 2 atom stereocenters. The molecule has 0 aliphatic heterocycles. The van der Waals surface area contributed by atoms with Crippen LogP contribution in [0.1, 0.15) is 46.5 Å². The van der Waals surface area contributed by atoms with Gasteiger partial charge in [-0.2, -0.15) is 0 Å². The van der Waals surface area contributed by atoms with E-state index in [1.807, 2.05) is 39.0 Å². The molecule has 0 radical (unpaired) electrons. The lowest BCUT2D eigenvalue weighted by molar-refractivity contribution is 0.0606. The predicted molar refractivity (Wildman–Crippen MR) is 87.3 cm³/mol. The van der Waals surface area contributed by atoms with E-state index in [1.54, 1.807) is 0 Å². The number of fused-ring (bicyclic) bond motifs is 1. The Morgan fingerprint density at radius 1 is 1.29 bits per heavy atom. The Balaban J connectivity index is 2.18. The van der Waals surface area contributed by atoms with Crippen LogP contribution < -0.4 is 5.32 Å². The van der Waals surface area contributed by atoms with E-state index < -0.39 is 0 Å². The van der Waals surface area contributed by atoms with Crippen molar-refractivity contribution in [2.24, 2.45) is 5.41 Å². The van der Waals surface area contributed by atoms with Crippen LogP contribution in [0.25, 0.3) is 11.0 Å². The van der Waals surface area contributed by atoms with Gasteiger partial charge in [-0.3, -0.25) is 0 Å². The lowest BCUT2D eigenvalue weighted by atomic mass is 9.89. The third-order valence-corrected chi connectivity index (χ3v) is 4.00.